The molecular formula is C15H18N2. The van der Waals surface area contributed by atoms with Crippen LogP contribution in [-0.2, 0) is 0 Å². The lowest BCUT2D eigenvalue weighted by Crippen LogP contribution is -1.95. The second-order valence-electron chi connectivity index (χ2n) is 4.70. The van der Waals surface area contributed by atoms with E-state index in [1.807, 2.05) is 13.8 Å². The Morgan fingerprint density at radius 2 is 1.41 bits per heavy atom. The van der Waals surface area contributed by atoms with E-state index >= 15 is 0 Å². The van der Waals surface area contributed by atoms with Gasteiger partial charge in [0.25, 0.3) is 0 Å². The Bertz CT molecular complexity index is 493. The summed E-state index contributed by atoms with van der Waals surface area (Å²) in [5, 5.41) is 0. The van der Waals surface area contributed by atoms with Crippen molar-refractivity contribution < 1.29 is 0 Å². The molecule has 1 aromatic carbocycles. The zero-order valence-electron chi connectivity index (χ0n) is 10.9. The number of rotatable bonds is 2. The molecule has 2 aromatic rings. The normalized spacial score (nSPS) is 10.9. The summed E-state index contributed by atoms with van der Waals surface area (Å²) in [5.41, 5.74) is 5.79. The molecule has 0 bridgehead atoms. The summed E-state index contributed by atoms with van der Waals surface area (Å²) in [6.45, 7) is 8.47. The lowest BCUT2D eigenvalue weighted by atomic mass is 9.97. The largest absolute Gasteiger partial charge is 0.241 e. The molecule has 17 heavy (non-hydrogen) atoms. The molecule has 0 spiro atoms. The van der Waals surface area contributed by atoms with Gasteiger partial charge in [-0.1, -0.05) is 38.1 Å². The molecule has 0 saturated carbocycles. The van der Waals surface area contributed by atoms with Crippen LogP contribution in [0.15, 0.2) is 30.6 Å². The molecule has 0 N–H and O–H groups in total. The average Bonchev–Trinajstić information content (AvgIpc) is 2.29. The molecule has 0 fully saturated rings. The molecule has 0 amide bonds. The SMILES string of the molecule is Cc1ncnc(C)c1-c1ccc(C(C)C)cc1. The number of aromatic nitrogens is 2. The maximum absolute atomic E-state index is 4.26. The molecule has 2 heteroatoms. The van der Waals surface area contributed by atoms with E-state index in [1.165, 1.54) is 11.1 Å². The second kappa shape index (κ2) is 4.66. The maximum Gasteiger partial charge on any atom is 0.115 e. The number of hydrogen-bond acceptors (Lipinski definition) is 2. The van der Waals surface area contributed by atoms with Crippen molar-refractivity contribution in [3.8, 4) is 11.1 Å². The standard InChI is InChI=1S/C15H18N2/c1-10(2)13-5-7-14(8-6-13)15-11(3)16-9-17-12(15)4/h5-10H,1-4H3. The molecule has 0 aliphatic rings. The first kappa shape index (κ1) is 11.8. The van der Waals surface area contributed by atoms with Crippen LogP contribution in [0.3, 0.4) is 0 Å². The molecule has 0 unspecified atom stereocenters. The Labute approximate surface area is 103 Å². The van der Waals surface area contributed by atoms with Gasteiger partial charge >= 0.3 is 0 Å². The fraction of sp³-hybridized carbons (Fsp3) is 0.333. The van der Waals surface area contributed by atoms with Gasteiger partial charge in [-0.05, 0) is 30.9 Å². The Balaban J connectivity index is 2.47. The molecule has 0 radical (unpaired) electrons. The van der Waals surface area contributed by atoms with Crippen molar-refractivity contribution in [3.63, 3.8) is 0 Å². The summed E-state index contributed by atoms with van der Waals surface area (Å²) in [4.78, 5) is 8.53. The summed E-state index contributed by atoms with van der Waals surface area (Å²) in [7, 11) is 0. The first-order valence-electron chi connectivity index (χ1n) is 5.98. The Morgan fingerprint density at radius 1 is 0.882 bits per heavy atom. The first-order chi connectivity index (χ1) is 8.09. The summed E-state index contributed by atoms with van der Waals surface area (Å²) in [6.07, 6.45) is 1.62. The minimum Gasteiger partial charge on any atom is -0.241 e. The molecular weight excluding hydrogens is 208 g/mol. The van der Waals surface area contributed by atoms with E-state index in [0.717, 1.165) is 17.0 Å². The molecule has 2 nitrogen and oxygen atoms in total. The minimum absolute atomic E-state index is 0.568. The fourth-order valence-electron chi connectivity index (χ4n) is 2.05. The van der Waals surface area contributed by atoms with Gasteiger partial charge in [-0.3, -0.25) is 0 Å². The molecule has 2 rings (SSSR count). The lowest BCUT2D eigenvalue weighted by Gasteiger charge is -2.10. The zero-order valence-corrected chi connectivity index (χ0v) is 10.9. The van der Waals surface area contributed by atoms with Crippen LogP contribution in [0.4, 0.5) is 0 Å². The van der Waals surface area contributed by atoms with Gasteiger partial charge < -0.3 is 0 Å². The van der Waals surface area contributed by atoms with Gasteiger partial charge in [-0.15, -0.1) is 0 Å². The number of hydrogen-bond donors (Lipinski definition) is 0. The highest BCUT2D eigenvalue weighted by atomic mass is 14.8. The van der Waals surface area contributed by atoms with Crippen molar-refractivity contribution in [2.75, 3.05) is 0 Å². The summed E-state index contributed by atoms with van der Waals surface area (Å²) < 4.78 is 0. The van der Waals surface area contributed by atoms with Crippen LogP contribution in [0.5, 0.6) is 0 Å². The molecule has 1 heterocycles. The van der Waals surface area contributed by atoms with E-state index in [4.69, 9.17) is 0 Å². The Kier molecular flexibility index (Phi) is 3.23. The third kappa shape index (κ3) is 2.36. The van der Waals surface area contributed by atoms with Crippen LogP contribution in [-0.4, -0.2) is 9.97 Å². The Hall–Kier alpha value is -1.70. The minimum atomic E-state index is 0.568. The molecule has 1 aromatic heterocycles. The summed E-state index contributed by atoms with van der Waals surface area (Å²) in [5.74, 6) is 0.568. The van der Waals surface area contributed by atoms with Crippen molar-refractivity contribution in [3.05, 3.63) is 47.5 Å². The Morgan fingerprint density at radius 3 is 1.88 bits per heavy atom. The quantitative estimate of drug-likeness (QED) is 0.776. The van der Waals surface area contributed by atoms with E-state index in [1.54, 1.807) is 6.33 Å². The highest BCUT2D eigenvalue weighted by Crippen LogP contribution is 2.26. The van der Waals surface area contributed by atoms with Crippen molar-refractivity contribution in [1.82, 2.24) is 9.97 Å². The van der Waals surface area contributed by atoms with Crippen LogP contribution < -0.4 is 0 Å². The summed E-state index contributed by atoms with van der Waals surface area (Å²) >= 11 is 0. The van der Waals surface area contributed by atoms with Gasteiger partial charge in [0.1, 0.15) is 6.33 Å². The van der Waals surface area contributed by atoms with Crippen LogP contribution in [0.25, 0.3) is 11.1 Å². The predicted octanol–water partition coefficient (Wildman–Crippen LogP) is 3.88. The first-order valence-corrected chi connectivity index (χ1v) is 5.98. The van der Waals surface area contributed by atoms with E-state index < -0.39 is 0 Å². The maximum atomic E-state index is 4.26. The van der Waals surface area contributed by atoms with Gasteiger partial charge in [0.2, 0.25) is 0 Å². The van der Waals surface area contributed by atoms with Gasteiger partial charge in [0.05, 0.1) is 0 Å². The van der Waals surface area contributed by atoms with Gasteiger partial charge in [-0.2, -0.15) is 0 Å². The lowest BCUT2D eigenvalue weighted by molar-refractivity contribution is 0.867. The van der Waals surface area contributed by atoms with Crippen LogP contribution >= 0.6 is 0 Å². The average molecular weight is 226 g/mol. The van der Waals surface area contributed by atoms with Crippen LogP contribution in [0.2, 0.25) is 0 Å². The monoisotopic (exact) mass is 226 g/mol. The number of benzene rings is 1. The third-order valence-corrected chi connectivity index (χ3v) is 3.09. The molecule has 88 valence electrons. The van der Waals surface area contributed by atoms with E-state index in [2.05, 4.69) is 48.1 Å². The second-order valence-corrected chi connectivity index (χ2v) is 4.70. The topological polar surface area (TPSA) is 25.8 Å². The van der Waals surface area contributed by atoms with E-state index in [9.17, 15) is 0 Å². The molecule has 0 saturated heterocycles. The smallest absolute Gasteiger partial charge is 0.115 e. The van der Waals surface area contributed by atoms with Crippen molar-refractivity contribution >= 4 is 0 Å². The van der Waals surface area contributed by atoms with Crippen LogP contribution in [0, 0.1) is 13.8 Å². The molecule has 0 aliphatic heterocycles. The van der Waals surface area contributed by atoms with Crippen molar-refractivity contribution in [2.24, 2.45) is 0 Å². The van der Waals surface area contributed by atoms with E-state index in [-0.39, 0.29) is 0 Å². The van der Waals surface area contributed by atoms with Gasteiger partial charge in [-0.25, -0.2) is 9.97 Å². The number of aryl methyl sites for hydroxylation is 2. The third-order valence-electron chi connectivity index (χ3n) is 3.09. The number of nitrogens with zero attached hydrogens (tertiary/aromatic N) is 2. The summed E-state index contributed by atoms with van der Waals surface area (Å²) in [6, 6.07) is 8.69. The highest BCUT2D eigenvalue weighted by molar-refractivity contribution is 5.68. The molecule has 0 atom stereocenters. The fourth-order valence-corrected chi connectivity index (χ4v) is 2.05. The molecule has 0 aliphatic carbocycles. The van der Waals surface area contributed by atoms with Gasteiger partial charge in [0.15, 0.2) is 0 Å². The van der Waals surface area contributed by atoms with Crippen LogP contribution in [0.1, 0.15) is 36.7 Å². The van der Waals surface area contributed by atoms with Gasteiger partial charge in [0, 0.05) is 17.0 Å². The predicted molar refractivity (Wildman–Crippen MR) is 71.0 cm³/mol. The highest BCUT2D eigenvalue weighted by Gasteiger charge is 2.07. The zero-order chi connectivity index (χ0) is 12.4. The van der Waals surface area contributed by atoms with Crippen molar-refractivity contribution in [1.29, 1.82) is 0 Å². The van der Waals surface area contributed by atoms with Crippen molar-refractivity contribution in [2.45, 2.75) is 33.6 Å². The van der Waals surface area contributed by atoms with E-state index in [0.29, 0.717) is 5.92 Å².